The zero-order chi connectivity index (χ0) is 4.99. The van der Waals surface area contributed by atoms with Crippen molar-refractivity contribution in [3.63, 3.8) is 0 Å². The highest BCUT2D eigenvalue weighted by Crippen LogP contribution is 2.03. The molecule has 0 nitrogen and oxygen atoms in total. The first-order valence-electron chi connectivity index (χ1n) is 2.24. The molecule has 0 aliphatic carbocycles. The first-order chi connectivity index (χ1) is 2.77. The van der Waals surface area contributed by atoms with E-state index in [1.54, 1.807) is 0 Å². The van der Waals surface area contributed by atoms with Gasteiger partial charge in [0.15, 0.2) is 0 Å². The SMILES string of the molecule is CC[CH]C(C)I. The maximum Gasteiger partial charge on any atom is 0.0112 e. The molecular formula is C5H10I. The molecule has 0 saturated carbocycles. The Morgan fingerprint density at radius 2 is 2.33 bits per heavy atom. The molecular weight excluding hydrogens is 187 g/mol. The lowest BCUT2D eigenvalue weighted by atomic mass is 10.3. The van der Waals surface area contributed by atoms with Crippen LogP contribution in [0.4, 0.5) is 0 Å². The van der Waals surface area contributed by atoms with Gasteiger partial charge in [0, 0.05) is 3.92 Å². The van der Waals surface area contributed by atoms with E-state index >= 15 is 0 Å². The van der Waals surface area contributed by atoms with Crippen molar-refractivity contribution in [2.24, 2.45) is 0 Å². The van der Waals surface area contributed by atoms with Gasteiger partial charge in [-0.3, -0.25) is 0 Å². The summed E-state index contributed by atoms with van der Waals surface area (Å²) in [4.78, 5) is 0. The minimum absolute atomic E-state index is 0.743. The minimum atomic E-state index is 0.743. The van der Waals surface area contributed by atoms with E-state index in [4.69, 9.17) is 0 Å². The molecule has 37 valence electrons. The van der Waals surface area contributed by atoms with Crippen LogP contribution < -0.4 is 0 Å². The highest BCUT2D eigenvalue weighted by atomic mass is 127. The topological polar surface area (TPSA) is 0 Å². The van der Waals surface area contributed by atoms with E-state index in [0.29, 0.717) is 0 Å². The molecule has 0 N–H and O–H groups in total. The summed E-state index contributed by atoms with van der Waals surface area (Å²) >= 11 is 2.39. The van der Waals surface area contributed by atoms with Crippen molar-refractivity contribution in [1.29, 1.82) is 0 Å². The van der Waals surface area contributed by atoms with Gasteiger partial charge >= 0.3 is 0 Å². The van der Waals surface area contributed by atoms with Gasteiger partial charge in [-0.1, -0.05) is 42.9 Å². The van der Waals surface area contributed by atoms with Crippen molar-refractivity contribution in [3.05, 3.63) is 6.42 Å². The lowest BCUT2D eigenvalue weighted by Gasteiger charge is -1.93. The summed E-state index contributed by atoms with van der Waals surface area (Å²) in [6, 6.07) is 0. The fraction of sp³-hybridized carbons (Fsp3) is 0.800. The molecule has 0 aromatic rings. The number of hydrogen-bond donors (Lipinski definition) is 0. The number of alkyl halides is 1. The van der Waals surface area contributed by atoms with Crippen molar-refractivity contribution in [2.45, 2.75) is 24.2 Å². The van der Waals surface area contributed by atoms with Crippen LogP contribution in [0.25, 0.3) is 0 Å². The second kappa shape index (κ2) is 3.90. The van der Waals surface area contributed by atoms with Crippen LogP contribution >= 0.6 is 22.6 Å². The third-order valence-electron chi connectivity index (χ3n) is 0.560. The van der Waals surface area contributed by atoms with Crippen LogP contribution in [-0.2, 0) is 0 Å². The zero-order valence-corrected chi connectivity index (χ0v) is 6.40. The molecule has 1 radical (unpaired) electrons. The molecule has 0 aliphatic rings. The van der Waals surface area contributed by atoms with Crippen LogP contribution in [-0.4, -0.2) is 3.92 Å². The molecule has 0 bridgehead atoms. The summed E-state index contributed by atoms with van der Waals surface area (Å²) in [5, 5.41) is 0. The molecule has 1 heteroatoms. The molecule has 0 amide bonds. The van der Waals surface area contributed by atoms with Gasteiger partial charge in [0.05, 0.1) is 0 Å². The first kappa shape index (κ1) is 6.73. The van der Waals surface area contributed by atoms with E-state index < -0.39 is 0 Å². The Hall–Kier alpha value is 0.730. The first-order valence-corrected chi connectivity index (χ1v) is 3.49. The molecule has 0 aromatic carbocycles. The van der Waals surface area contributed by atoms with Crippen LogP contribution in [0.1, 0.15) is 20.3 Å². The monoisotopic (exact) mass is 197 g/mol. The van der Waals surface area contributed by atoms with Gasteiger partial charge in [-0.15, -0.1) is 0 Å². The second-order valence-electron chi connectivity index (χ2n) is 1.32. The predicted octanol–water partition coefficient (Wildman–Crippen LogP) is 2.42. The molecule has 0 spiro atoms. The van der Waals surface area contributed by atoms with Crippen molar-refractivity contribution in [1.82, 2.24) is 0 Å². The summed E-state index contributed by atoms with van der Waals surface area (Å²) in [5.41, 5.74) is 0. The fourth-order valence-electron chi connectivity index (χ4n) is 0.325. The molecule has 1 atom stereocenters. The molecule has 0 aliphatic heterocycles. The summed E-state index contributed by atoms with van der Waals surface area (Å²) in [5.74, 6) is 0. The normalized spacial score (nSPS) is 14.5. The average molecular weight is 197 g/mol. The van der Waals surface area contributed by atoms with Crippen molar-refractivity contribution >= 4 is 22.6 Å². The molecule has 0 saturated heterocycles. The van der Waals surface area contributed by atoms with Crippen molar-refractivity contribution < 1.29 is 0 Å². The van der Waals surface area contributed by atoms with Gasteiger partial charge in [0.25, 0.3) is 0 Å². The van der Waals surface area contributed by atoms with Crippen LogP contribution in [0.15, 0.2) is 0 Å². The predicted molar refractivity (Wildman–Crippen MR) is 38.1 cm³/mol. The molecule has 0 heterocycles. The maximum atomic E-state index is 2.39. The highest BCUT2D eigenvalue weighted by molar-refractivity contribution is 14.1. The molecule has 0 aromatic heterocycles. The van der Waals surface area contributed by atoms with Gasteiger partial charge in [0.2, 0.25) is 0 Å². The minimum Gasteiger partial charge on any atom is -0.0826 e. The third-order valence-corrected chi connectivity index (χ3v) is 1.07. The summed E-state index contributed by atoms with van der Waals surface area (Å²) in [7, 11) is 0. The third kappa shape index (κ3) is 4.73. The number of hydrogen-bond acceptors (Lipinski definition) is 0. The Kier molecular flexibility index (Phi) is 4.38. The van der Waals surface area contributed by atoms with Gasteiger partial charge in [-0.2, -0.15) is 0 Å². The number of rotatable bonds is 2. The standard InChI is InChI=1S/C5H10I/c1-3-4-5(2)6/h4-5H,3H2,1-2H3. The number of halogens is 1. The Morgan fingerprint density at radius 3 is 2.33 bits per heavy atom. The van der Waals surface area contributed by atoms with E-state index in [2.05, 4.69) is 42.9 Å². The van der Waals surface area contributed by atoms with Crippen molar-refractivity contribution in [3.8, 4) is 0 Å². The van der Waals surface area contributed by atoms with Gasteiger partial charge in [0.1, 0.15) is 0 Å². The average Bonchev–Trinajstić information content (AvgIpc) is 1.35. The fourth-order valence-corrected chi connectivity index (χ4v) is 0.833. The van der Waals surface area contributed by atoms with E-state index in [9.17, 15) is 0 Å². The Bertz CT molecular complexity index is 25.1. The molecule has 1 unspecified atom stereocenters. The molecule has 6 heavy (non-hydrogen) atoms. The van der Waals surface area contributed by atoms with Gasteiger partial charge in [-0.25, -0.2) is 0 Å². The summed E-state index contributed by atoms with van der Waals surface area (Å²) in [6.07, 6.45) is 3.48. The van der Waals surface area contributed by atoms with Crippen LogP contribution in [0.5, 0.6) is 0 Å². The van der Waals surface area contributed by atoms with Gasteiger partial charge in [-0.05, 0) is 6.42 Å². The Labute approximate surface area is 53.5 Å². The summed E-state index contributed by atoms with van der Waals surface area (Å²) < 4.78 is 0.743. The summed E-state index contributed by atoms with van der Waals surface area (Å²) in [6.45, 7) is 4.35. The Balaban J connectivity index is 2.63. The highest BCUT2D eigenvalue weighted by Gasteiger charge is 1.88. The molecule has 0 fully saturated rings. The van der Waals surface area contributed by atoms with Crippen LogP contribution in [0.2, 0.25) is 0 Å². The second-order valence-corrected chi connectivity index (χ2v) is 3.29. The van der Waals surface area contributed by atoms with E-state index in [0.717, 1.165) is 3.92 Å². The zero-order valence-electron chi connectivity index (χ0n) is 4.24. The molecule has 0 rings (SSSR count). The lowest BCUT2D eigenvalue weighted by Crippen LogP contribution is -1.86. The maximum absolute atomic E-state index is 2.39. The van der Waals surface area contributed by atoms with Gasteiger partial charge < -0.3 is 0 Å². The lowest BCUT2D eigenvalue weighted by molar-refractivity contribution is 1.01. The van der Waals surface area contributed by atoms with E-state index in [1.165, 1.54) is 6.42 Å². The largest absolute Gasteiger partial charge is 0.0826 e. The van der Waals surface area contributed by atoms with Crippen molar-refractivity contribution in [2.75, 3.05) is 0 Å². The quantitative estimate of drug-likeness (QED) is 0.471. The van der Waals surface area contributed by atoms with E-state index in [1.807, 2.05) is 0 Å². The van der Waals surface area contributed by atoms with E-state index in [-0.39, 0.29) is 0 Å². The van der Waals surface area contributed by atoms with Crippen LogP contribution in [0.3, 0.4) is 0 Å². The smallest absolute Gasteiger partial charge is 0.0112 e. The van der Waals surface area contributed by atoms with Crippen LogP contribution in [0, 0.1) is 6.42 Å². The Morgan fingerprint density at radius 1 is 1.83 bits per heavy atom.